The van der Waals surface area contributed by atoms with E-state index in [4.69, 9.17) is 4.74 Å². The maximum atomic E-state index is 11.7. The minimum atomic E-state index is -0.590. The second-order valence-electron chi connectivity index (χ2n) is 4.99. The Hall–Kier alpha value is -0.610. The van der Waals surface area contributed by atoms with E-state index in [9.17, 15) is 4.79 Å². The van der Waals surface area contributed by atoms with Crippen LogP contribution in [0.5, 0.6) is 0 Å². The fourth-order valence-electron chi connectivity index (χ4n) is 2.15. The van der Waals surface area contributed by atoms with Crippen LogP contribution < -0.4 is 5.32 Å². The first-order chi connectivity index (χ1) is 7.51. The van der Waals surface area contributed by atoms with Crippen LogP contribution in [0.1, 0.15) is 26.7 Å². The van der Waals surface area contributed by atoms with Crippen molar-refractivity contribution in [2.75, 3.05) is 33.8 Å². The van der Waals surface area contributed by atoms with Crippen LogP contribution in [0.15, 0.2) is 0 Å². The molecule has 4 nitrogen and oxygen atoms in total. The van der Waals surface area contributed by atoms with Crippen LogP contribution in [-0.4, -0.2) is 50.2 Å². The van der Waals surface area contributed by atoms with Gasteiger partial charge in [0, 0.05) is 13.1 Å². The maximum absolute atomic E-state index is 11.7. The first-order valence-electron chi connectivity index (χ1n) is 6.04. The lowest BCUT2D eigenvalue weighted by molar-refractivity contribution is -0.148. The zero-order valence-electron chi connectivity index (χ0n) is 10.9. The monoisotopic (exact) mass is 228 g/mol. The lowest BCUT2D eigenvalue weighted by atomic mass is 10.0. The number of methoxy groups -OCH3 is 1. The number of likely N-dealkylation sites (N-methyl/N-ethyl adjacent to an activating group) is 2. The molecule has 0 aromatic carbocycles. The van der Waals surface area contributed by atoms with Gasteiger partial charge in [-0.2, -0.15) is 0 Å². The number of ether oxygens (including phenoxy) is 1. The van der Waals surface area contributed by atoms with Crippen LogP contribution in [0.2, 0.25) is 0 Å². The molecule has 16 heavy (non-hydrogen) atoms. The van der Waals surface area contributed by atoms with E-state index in [1.807, 2.05) is 13.8 Å². The second kappa shape index (κ2) is 5.64. The highest BCUT2D eigenvalue weighted by Crippen LogP contribution is 2.29. The van der Waals surface area contributed by atoms with Crippen molar-refractivity contribution in [3.63, 3.8) is 0 Å². The lowest BCUT2D eigenvalue weighted by Gasteiger charge is -2.32. The van der Waals surface area contributed by atoms with Crippen molar-refractivity contribution in [1.29, 1.82) is 0 Å². The van der Waals surface area contributed by atoms with Gasteiger partial charge in [-0.1, -0.05) is 6.92 Å². The van der Waals surface area contributed by atoms with E-state index in [1.165, 1.54) is 20.0 Å². The molecule has 0 spiro atoms. The molecule has 0 bridgehead atoms. The van der Waals surface area contributed by atoms with E-state index in [0.717, 1.165) is 19.0 Å². The average Bonchev–Trinajstić information content (AvgIpc) is 3.00. The molecule has 0 aromatic heterocycles. The fraction of sp³-hybridized carbons (Fsp3) is 0.917. The Morgan fingerprint density at radius 2 is 2.19 bits per heavy atom. The summed E-state index contributed by atoms with van der Waals surface area (Å²) >= 11 is 0. The Labute approximate surface area is 98.3 Å². The van der Waals surface area contributed by atoms with Crippen molar-refractivity contribution in [2.24, 2.45) is 5.92 Å². The Morgan fingerprint density at radius 3 is 2.62 bits per heavy atom. The smallest absolute Gasteiger partial charge is 0.327 e. The predicted molar refractivity (Wildman–Crippen MR) is 64.3 cm³/mol. The van der Waals surface area contributed by atoms with Gasteiger partial charge < -0.3 is 15.0 Å². The van der Waals surface area contributed by atoms with Gasteiger partial charge in [0.1, 0.15) is 5.54 Å². The van der Waals surface area contributed by atoms with Gasteiger partial charge in [-0.05, 0) is 39.3 Å². The molecular weight excluding hydrogens is 204 g/mol. The van der Waals surface area contributed by atoms with Crippen molar-refractivity contribution >= 4 is 5.97 Å². The molecular formula is C12H24N2O2. The van der Waals surface area contributed by atoms with E-state index < -0.39 is 5.54 Å². The van der Waals surface area contributed by atoms with Crippen LogP contribution in [0.4, 0.5) is 0 Å². The largest absolute Gasteiger partial charge is 0.468 e. The minimum absolute atomic E-state index is 0.183. The van der Waals surface area contributed by atoms with Crippen LogP contribution >= 0.6 is 0 Å². The summed E-state index contributed by atoms with van der Waals surface area (Å²) in [5.41, 5.74) is -0.590. The van der Waals surface area contributed by atoms with Crippen molar-refractivity contribution in [1.82, 2.24) is 10.2 Å². The number of hydrogen-bond acceptors (Lipinski definition) is 4. The van der Waals surface area contributed by atoms with Gasteiger partial charge in [0.2, 0.25) is 0 Å². The third-order valence-electron chi connectivity index (χ3n) is 3.06. The van der Waals surface area contributed by atoms with Crippen molar-refractivity contribution in [2.45, 2.75) is 32.2 Å². The fourth-order valence-corrected chi connectivity index (χ4v) is 2.15. The molecule has 0 saturated heterocycles. The average molecular weight is 228 g/mol. The maximum Gasteiger partial charge on any atom is 0.327 e. The molecule has 1 saturated carbocycles. The summed E-state index contributed by atoms with van der Waals surface area (Å²) in [5.74, 6) is 0.658. The summed E-state index contributed by atoms with van der Waals surface area (Å²) in [4.78, 5) is 14.0. The number of esters is 1. The Bertz CT molecular complexity index is 241. The molecule has 0 amide bonds. The van der Waals surface area contributed by atoms with Gasteiger partial charge in [-0.25, -0.2) is 0 Å². The first kappa shape index (κ1) is 13.5. The van der Waals surface area contributed by atoms with E-state index in [0.29, 0.717) is 6.54 Å². The molecule has 1 atom stereocenters. The molecule has 1 fully saturated rings. The molecule has 0 aromatic rings. The highest BCUT2D eigenvalue weighted by atomic mass is 16.5. The summed E-state index contributed by atoms with van der Waals surface area (Å²) in [6.45, 7) is 6.46. The normalized spacial score (nSPS) is 19.6. The number of rotatable bonds is 7. The van der Waals surface area contributed by atoms with Gasteiger partial charge in [-0.3, -0.25) is 4.79 Å². The molecule has 4 heteroatoms. The highest BCUT2D eigenvalue weighted by Gasteiger charge is 2.35. The van der Waals surface area contributed by atoms with Crippen LogP contribution in [0.25, 0.3) is 0 Å². The molecule has 1 aliphatic carbocycles. The molecule has 0 radical (unpaired) electrons. The lowest BCUT2D eigenvalue weighted by Crippen LogP contribution is -2.57. The molecule has 1 aliphatic rings. The van der Waals surface area contributed by atoms with Crippen molar-refractivity contribution in [3.05, 3.63) is 0 Å². The molecule has 0 heterocycles. The topological polar surface area (TPSA) is 41.6 Å². The van der Waals surface area contributed by atoms with Crippen LogP contribution in [-0.2, 0) is 9.53 Å². The number of carbonyl (C=O) groups is 1. The standard InChI is InChI=1S/C12H24N2O2/c1-5-13-12(2,11(15)16-4)9-14(3)8-10-6-7-10/h10,13H,5-9H2,1-4H3. The summed E-state index contributed by atoms with van der Waals surface area (Å²) in [5, 5.41) is 3.22. The molecule has 94 valence electrons. The second-order valence-corrected chi connectivity index (χ2v) is 4.99. The third-order valence-corrected chi connectivity index (χ3v) is 3.06. The minimum Gasteiger partial charge on any atom is -0.468 e. The van der Waals surface area contributed by atoms with Gasteiger partial charge in [0.05, 0.1) is 7.11 Å². The Kier molecular flexibility index (Phi) is 4.74. The SMILES string of the molecule is CCNC(C)(CN(C)CC1CC1)C(=O)OC. The number of hydrogen-bond donors (Lipinski definition) is 1. The highest BCUT2D eigenvalue weighted by molar-refractivity contribution is 5.80. The van der Waals surface area contributed by atoms with Gasteiger partial charge in [0.15, 0.2) is 0 Å². The first-order valence-corrected chi connectivity index (χ1v) is 6.04. The van der Waals surface area contributed by atoms with E-state index >= 15 is 0 Å². The molecule has 1 rings (SSSR count). The number of nitrogens with zero attached hydrogens (tertiary/aromatic N) is 1. The quantitative estimate of drug-likeness (QED) is 0.657. The zero-order chi connectivity index (χ0) is 12.2. The number of nitrogens with one attached hydrogen (secondary N) is 1. The van der Waals surface area contributed by atoms with Crippen LogP contribution in [0, 0.1) is 5.92 Å². The zero-order valence-corrected chi connectivity index (χ0v) is 10.9. The van der Waals surface area contributed by atoms with Gasteiger partial charge in [0.25, 0.3) is 0 Å². The van der Waals surface area contributed by atoms with Gasteiger partial charge in [-0.15, -0.1) is 0 Å². The molecule has 1 N–H and O–H groups in total. The Balaban J connectivity index is 2.50. The number of carbonyl (C=O) groups excluding carboxylic acids is 1. The molecule has 1 unspecified atom stereocenters. The van der Waals surface area contributed by atoms with E-state index in [2.05, 4.69) is 17.3 Å². The van der Waals surface area contributed by atoms with Crippen molar-refractivity contribution < 1.29 is 9.53 Å². The van der Waals surface area contributed by atoms with Crippen molar-refractivity contribution in [3.8, 4) is 0 Å². The Morgan fingerprint density at radius 1 is 1.56 bits per heavy atom. The third kappa shape index (κ3) is 3.76. The molecule has 0 aliphatic heterocycles. The summed E-state index contributed by atoms with van der Waals surface area (Å²) in [6.07, 6.45) is 2.67. The van der Waals surface area contributed by atoms with E-state index in [-0.39, 0.29) is 5.97 Å². The van der Waals surface area contributed by atoms with E-state index in [1.54, 1.807) is 0 Å². The summed E-state index contributed by atoms with van der Waals surface area (Å²) < 4.78 is 4.86. The van der Waals surface area contributed by atoms with Crippen LogP contribution in [0.3, 0.4) is 0 Å². The predicted octanol–water partition coefficient (Wildman–Crippen LogP) is 0.869. The summed E-state index contributed by atoms with van der Waals surface area (Å²) in [7, 11) is 3.51. The summed E-state index contributed by atoms with van der Waals surface area (Å²) in [6, 6.07) is 0. The van der Waals surface area contributed by atoms with Gasteiger partial charge >= 0.3 is 5.97 Å².